The van der Waals surface area contributed by atoms with Crippen LogP contribution in [0.1, 0.15) is 0 Å². The van der Waals surface area contributed by atoms with Crippen molar-refractivity contribution in [3.63, 3.8) is 0 Å². The van der Waals surface area contributed by atoms with Crippen LogP contribution >= 0.6 is 0 Å². The predicted molar refractivity (Wildman–Crippen MR) is 158 cm³/mol. The van der Waals surface area contributed by atoms with Crippen LogP contribution in [0.15, 0.2) is 140 Å². The van der Waals surface area contributed by atoms with Crippen molar-refractivity contribution in [2.75, 3.05) is 0 Å². The Labute approximate surface area is 219 Å². The van der Waals surface area contributed by atoms with Crippen molar-refractivity contribution >= 4 is 43.6 Å². The minimum atomic E-state index is 1.14. The van der Waals surface area contributed by atoms with Crippen molar-refractivity contribution in [3.05, 3.63) is 140 Å². The fourth-order valence-corrected chi connectivity index (χ4v) is 6.07. The monoisotopic (exact) mass is 485 g/mol. The first-order valence-electron chi connectivity index (χ1n) is 12.9. The van der Waals surface area contributed by atoms with Crippen molar-refractivity contribution in [2.45, 2.75) is 0 Å². The molecule has 0 N–H and O–H groups in total. The Morgan fingerprint density at radius 1 is 0.421 bits per heavy atom. The summed E-state index contributed by atoms with van der Waals surface area (Å²) in [5.74, 6) is 0. The van der Waals surface area contributed by atoms with Crippen LogP contribution in [-0.2, 0) is 0 Å². The SMILES string of the molecule is c1ccc(-n2c3ccccc3c3c(-c4cccc5c6cnccc6n(-c6ccccc6)c45)cccc32)cc1. The highest BCUT2D eigenvalue weighted by Gasteiger charge is 2.20. The van der Waals surface area contributed by atoms with Gasteiger partial charge in [0.15, 0.2) is 0 Å². The maximum absolute atomic E-state index is 4.48. The molecule has 0 aliphatic heterocycles. The van der Waals surface area contributed by atoms with Crippen molar-refractivity contribution in [2.24, 2.45) is 0 Å². The third-order valence-electron chi connectivity index (χ3n) is 7.61. The van der Waals surface area contributed by atoms with Gasteiger partial charge in [0.25, 0.3) is 0 Å². The molecule has 0 radical (unpaired) electrons. The van der Waals surface area contributed by atoms with Crippen molar-refractivity contribution in [1.29, 1.82) is 0 Å². The van der Waals surface area contributed by atoms with Crippen LogP contribution in [0.4, 0.5) is 0 Å². The zero-order chi connectivity index (χ0) is 25.1. The van der Waals surface area contributed by atoms with Crippen molar-refractivity contribution in [3.8, 4) is 22.5 Å². The third-order valence-corrected chi connectivity index (χ3v) is 7.61. The van der Waals surface area contributed by atoms with E-state index in [4.69, 9.17) is 0 Å². The number of para-hydroxylation sites is 4. The predicted octanol–water partition coefficient (Wildman–Crippen LogP) is 8.94. The number of nitrogens with zero attached hydrogens (tertiary/aromatic N) is 3. The maximum Gasteiger partial charge on any atom is 0.0620 e. The van der Waals surface area contributed by atoms with Gasteiger partial charge in [0.1, 0.15) is 0 Å². The quantitative estimate of drug-likeness (QED) is 0.245. The molecule has 3 aromatic heterocycles. The van der Waals surface area contributed by atoms with Gasteiger partial charge >= 0.3 is 0 Å². The van der Waals surface area contributed by atoms with E-state index in [1.54, 1.807) is 0 Å². The summed E-state index contributed by atoms with van der Waals surface area (Å²) in [6.07, 6.45) is 3.87. The molecule has 5 aromatic carbocycles. The Bertz CT molecular complexity index is 2120. The van der Waals surface area contributed by atoms with Gasteiger partial charge in [-0.2, -0.15) is 0 Å². The Balaban J connectivity index is 1.55. The lowest BCUT2D eigenvalue weighted by atomic mass is 9.97. The second kappa shape index (κ2) is 8.19. The summed E-state index contributed by atoms with van der Waals surface area (Å²) >= 11 is 0. The molecule has 0 atom stereocenters. The van der Waals surface area contributed by atoms with Gasteiger partial charge in [-0.15, -0.1) is 0 Å². The Morgan fingerprint density at radius 3 is 1.84 bits per heavy atom. The molecule has 178 valence electrons. The van der Waals surface area contributed by atoms with E-state index in [0.29, 0.717) is 0 Å². The van der Waals surface area contributed by atoms with Crippen LogP contribution in [0.5, 0.6) is 0 Å². The van der Waals surface area contributed by atoms with Gasteiger partial charge < -0.3 is 9.13 Å². The molecule has 3 heterocycles. The molecule has 3 heteroatoms. The van der Waals surface area contributed by atoms with Gasteiger partial charge in [-0.25, -0.2) is 0 Å². The van der Waals surface area contributed by atoms with Crippen LogP contribution in [-0.4, -0.2) is 14.1 Å². The molecule has 38 heavy (non-hydrogen) atoms. The molecule has 0 bridgehead atoms. The largest absolute Gasteiger partial charge is 0.309 e. The molecule has 0 aliphatic rings. The Kier molecular flexibility index (Phi) is 4.52. The fourth-order valence-electron chi connectivity index (χ4n) is 6.07. The molecule has 0 unspecified atom stereocenters. The van der Waals surface area contributed by atoms with E-state index in [-0.39, 0.29) is 0 Å². The molecule has 0 saturated carbocycles. The van der Waals surface area contributed by atoms with E-state index < -0.39 is 0 Å². The highest BCUT2D eigenvalue weighted by atomic mass is 15.0. The van der Waals surface area contributed by atoms with E-state index in [9.17, 15) is 0 Å². The lowest BCUT2D eigenvalue weighted by Crippen LogP contribution is -1.95. The van der Waals surface area contributed by atoms with E-state index >= 15 is 0 Å². The number of benzene rings is 5. The lowest BCUT2D eigenvalue weighted by Gasteiger charge is -2.13. The van der Waals surface area contributed by atoms with Crippen molar-refractivity contribution in [1.82, 2.24) is 14.1 Å². The van der Waals surface area contributed by atoms with Gasteiger partial charge in [0.2, 0.25) is 0 Å². The first-order chi connectivity index (χ1) is 18.9. The molecular formula is C35H23N3. The first kappa shape index (κ1) is 21.0. The average molecular weight is 486 g/mol. The van der Waals surface area contributed by atoms with Gasteiger partial charge in [-0.3, -0.25) is 4.98 Å². The highest BCUT2D eigenvalue weighted by molar-refractivity contribution is 6.20. The topological polar surface area (TPSA) is 22.8 Å². The molecule has 8 rings (SSSR count). The molecule has 0 fully saturated rings. The van der Waals surface area contributed by atoms with Crippen molar-refractivity contribution < 1.29 is 0 Å². The number of hydrogen-bond acceptors (Lipinski definition) is 1. The number of aromatic nitrogens is 3. The highest BCUT2D eigenvalue weighted by Crippen LogP contribution is 2.43. The molecular weight excluding hydrogens is 462 g/mol. The van der Waals surface area contributed by atoms with Gasteiger partial charge in [0, 0.05) is 50.9 Å². The molecule has 3 nitrogen and oxygen atoms in total. The Hall–Kier alpha value is -5.15. The van der Waals surface area contributed by atoms with Gasteiger partial charge in [-0.05, 0) is 48.0 Å². The number of rotatable bonds is 3. The van der Waals surface area contributed by atoms with Crippen LogP contribution in [0, 0.1) is 0 Å². The van der Waals surface area contributed by atoms with Gasteiger partial charge in [0.05, 0.1) is 22.1 Å². The molecule has 0 amide bonds. The summed E-state index contributed by atoms with van der Waals surface area (Å²) in [5, 5.41) is 4.88. The van der Waals surface area contributed by atoms with Crippen LogP contribution < -0.4 is 0 Å². The second-order valence-corrected chi connectivity index (χ2v) is 9.65. The van der Waals surface area contributed by atoms with E-state index in [1.807, 2.05) is 12.4 Å². The Morgan fingerprint density at radius 2 is 1.03 bits per heavy atom. The summed E-state index contributed by atoms with van der Waals surface area (Å²) in [6, 6.07) is 45.5. The number of pyridine rings is 1. The molecule has 0 aliphatic carbocycles. The maximum atomic E-state index is 4.48. The minimum Gasteiger partial charge on any atom is -0.309 e. The van der Waals surface area contributed by atoms with E-state index in [2.05, 4.69) is 142 Å². The number of hydrogen-bond donors (Lipinski definition) is 0. The van der Waals surface area contributed by atoms with Crippen LogP contribution in [0.3, 0.4) is 0 Å². The van der Waals surface area contributed by atoms with Crippen LogP contribution in [0.2, 0.25) is 0 Å². The summed E-state index contributed by atoms with van der Waals surface area (Å²) < 4.78 is 4.77. The average Bonchev–Trinajstić information content (AvgIpc) is 3.51. The standard InChI is InChI=1S/C35H23N3/c1-3-11-24(12-4-1)37-31-19-8-7-15-29(31)34-26(16-10-20-33(34)37)27-17-9-18-28-30-23-36-22-21-32(30)38(35(27)28)25-13-5-2-6-14-25/h1-23H. The summed E-state index contributed by atoms with van der Waals surface area (Å²) in [6.45, 7) is 0. The zero-order valence-electron chi connectivity index (χ0n) is 20.6. The first-order valence-corrected chi connectivity index (χ1v) is 12.9. The molecule has 8 aromatic rings. The fraction of sp³-hybridized carbons (Fsp3) is 0. The number of fused-ring (bicyclic) bond motifs is 6. The van der Waals surface area contributed by atoms with E-state index in [0.717, 1.165) is 16.6 Å². The molecule has 0 spiro atoms. The summed E-state index contributed by atoms with van der Waals surface area (Å²) in [4.78, 5) is 4.48. The summed E-state index contributed by atoms with van der Waals surface area (Å²) in [5.41, 5.74) is 9.52. The normalized spacial score (nSPS) is 11.7. The smallest absolute Gasteiger partial charge is 0.0620 e. The van der Waals surface area contributed by atoms with Gasteiger partial charge in [-0.1, -0.05) is 84.9 Å². The second-order valence-electron chi connectivity index (χ2n) is 9.65. The van der Waals surface area contributed by atoms with Crippen LogP contribution in [0.25, 0.3) is 66.1 Å². The minimum absolute atomic E-state index is 1.14. The van der Waals surface area contributed by atoms with E-state index in [1.165, 1.54) is 49.5 Å². The molecule has 0 saturated heterocycles. The lowest BCUT2D eigenvalue weighted by molar-refractivity contribution is 1.17. The zero-order valence-corrected chi connectivity index (χ0v) is 20.6. The third kappa shape index (κ3) is 2.93. The summed E-state index contributed by atoms with van der Waals surface area (Å²) in [7, 11) is 0.